The van der Waals surface area contributed by atoms with Gasteiger partial charge in [-0.05, 0) is 25.0 Å². The first-order valence-corrected chi connectivity index (χ1v) is 10.9. The molecule has 0 atom stereocenters. The SMILES string of the molecule is O=C(CSc1ncnc2c1sc1cccc(F)c12)NCCCN1CCCC1=O. The van der Waals surface area contributed by atoms with Gasteiger partial charge in [-0.2, -0.15) is 0 Å². The first kappa shape index (κ1) is 19.1. The number of likely N-dealkylation sites (tertiary alicyclic amines) is 1. The summed E-state index contributed by atoms with van der Waals surface area (Å²) in [6, 6.07) is 4.96. The average Bonchev–Trinajstić information content (AvgIpc) is 3.27. The minimum absolute atomic E-state index is 0.0863. The monoisotopic (exact) mass is 418 g/mol. The van der Waals surface area contributed by atoms with Crippen molar-refractivity contribution >= 4 is 55.2 Å². The van der Waals surface area contributed by atoms with E-state index in [-0.39, 0.29) is 23.4 Å². The fraction of sp³-hybridized carbons (Fsp3) is 0.368. The van der Waals surface area contributed by atoms with Gasteiger partial charge in [0, 0.05) is 30.8 Å². The van der Waals surface area contributed by atoms with E-state index >= 15 is 0 Å². The van der Waals surface area contributed by atoms with E-state index < -0.39 is 0 Å². The third-order valence-corrected chi connectivity index (χ3v) is 6.90. The molecule has 0 radical (unpaired) electrons. The first-order valence-electron chi connectivity index (χ1n) is 9.12. The van der Waals surface area contributed by atoms with Crippen molar-refractivity contribution in [2.24, 2.45) is 0 Å². The Bertz CT molecular complexity index is 1040. The molecule has 3 aromatic rings. The highest BCUT2D eigenvalue weighted by Crippen LogP contribution is 2.38. The number of carbonyl (C=O) groups excluding carboxylic acids is 2. The molecule has 146 valence electrons. The van der Waals surface area contributed by atoms with E-state index in [2.05, 4.69) is 15.3 Å². The lowest BCUT2D eigenvalue weighted by molar-refractivity contribution is -0.127. The van der Waals surface area contributed by atoms with Crippen molar-refractivity contribution in [3.8, 4) is 0 Å². The van der Waals surface area contributed by atoms with Gasteiger partial charge >= 0.3 is 0 Å². The van der Waals surface area contributed by atoms with Crippen LogP contribution in [-0.4, -0.2) is 52.1 Å². The number of amides is 2. The topological polar surface area (TPSA) is 75.2 Å². The number of nitrogens with zero attached hydrogens (tertiary/aromatic N) is 3. The van der Waals surface area contributed by atoms with Crippen LogP contribution in [0, 0.1) is 5.82 Å². The Morgan fingerprint density at radius 3 is 3.07 bits per heavy atom. The van der Waals surface area contributed by atoms with Gasteiger partial charge in [0.15, 0.2) is 0 Å². The number of rotatable bonds is 7. The summed E-state index contributed by atoms with van der Waals surface area (Å²) in [4.78, 5) is 34.0. The van der Waals surface area contributed by atoms with Crippen LogP contribution in [-0.2, 0) is 9.59 Å². The van der Waals surface area contributed by atoms with Crippen LogP contribution < -0.4 is 5.32 Å². The fourth-order valence-electron chi connectivity index (χ4n) is 3.28. The lowest BCUT2D eigenvalue weighted by Crippen LogP contribution is -2.31. The van der Waals surface area contributed by atoms with Crippen LogP contribution in [0.2, 0.25) is 0 Å². The molecular weight excluding hydrogens is 399 g/mol. The summed E-state index contributed by atoms with van der Waals surface area (Å²) in [5.74, 6) is 0.0461. The molecule has 9 heteroatoms. The number of benzene rings is 1. The third-order valence-electron chi connectivity index (χ3n) is 4.63. The van der Waals surface area contributed by atoms with Crippen LogP contribution in [0.3, 0.4) is 0 Å². The molecule has 1 aromatic carbocycles. The molecule has 1 N–H and O–H groups in total. The standard InChI is InChI=1S/C19H19FN4O2S2/c20-12-4-1-5-13-16(12)17-18(28-13)19(23-11-22-17)27-10-14(25)21-7-3-9-24-8-2-6-15(24)26/h1,4-5,11H,2-3,6-10H2,(H,21,25). The molecule has 0 saturated carbocycles. The van der Waals surface area contributed by atoms with E-state index in [1.807, 2.05) is 11.0 Å². The minimum Gasteiger partial charge on any atom is -0.355 e. The Balaban J connectivity index is 1.34. The van der Waals surface area contributed by atoms with Crippen molar-refractivity contribution < 1.29 is 14.0 Å². The molecule has 1 saturated heterocycles. The van der Waals surface area contributed by atoms with E-state index in [0.29, 0.717) is 35.4 Å². The van der Waals surface area contributed by atoms with Crippen molar-refractivity contribution in [3.05, 3.63) is 30.3 Å². The molecule has 4 rings (SSSR count). The zero-order valence-electron chi connectivity index (χ0n) is 15.1. The summed E-state index contributed by atoms with van der Waals surface area (Å²) in [6.07, 6.45) is 3.72. The maximum atomic E-state index is 14.2. The maximum absolute atomic E-state index is 14.2. The van der Waals surface area contributed by atoms with Crippen molar-refractivity contribution in [2.45, 2.75) is 24.3 Å². The molecule has 0 spiro atoms. The molecule has 1 fully saturated rings. The molecule has 2 aromatic heterocycles. The van der Waals surface area contributed by atoms with E-state index in [4.69, 9.17) is 0 Å². The van der Waals surface area contributed by atoms with E-state index in [1.54, 1.807) is 6.07 Å². The van der Waals surface area contributed by atoms with Gasteiger partial charge in [-0.3, -0.25) is 9.59 Å². The lowest BCUT2D eigenvalue weighted by atomic mass is 10.2. The Morgan fingerprint density at radius 1 is 1.36 bits per heavy atom. The van der Waals surface area contributed by atoms with Gasteiger partial charge in [0.05, 0.1) is 21.4 Å². The van der Waals surface area contributed by atoms with Gasteiger partial charge in [0.2, 0.25) is 11.8 Å². The molecule has 0 unspecified atom stereocenters. The van der Waals surface area contributed by atoms with Crippen molar-refractivity contribution in [2.75, 3.05) is 25.4 Å². The van der Waals surface area contributed by atoms with E-state index in [9.17, 15) is 14.0 Å². The first-order chi connectivity index (χ1) is 13.6. The summed E-state index contributed by atoms with van der Waals surface area (Å²) in [7, 11) is 0. The summed E-state index contributed by atoms with van der Waals surface area (Å²) in [6.45, 7) is 2.05. The third kappa shape index (κ3) is 3.95. The fourth-order valence-corrected chi connectivity index (χ4v) is 5.36. The Kier molecular flexibility index (Phi) is 5.72. The second-order valence-electron chi connectivity index (χ2n) is 6.55. The second kappa shape index (κ2) is 8.40. The van der Waals surface area contributed by atoms with Gasteiger partial charge in [-0.1, -0.05) is 17.8 Å². The molecule has 0 bridgehead atoms. The zero-order valence-corrected chi connectivity index (χ0v) is 16.7. The molecule has 1 aliphatic heterocycles. The van der Waals surface area contributed by atoms with Crippen LogP contribution in [0.5, 0.6) is 0 Å². The number of nitrogens with one attached hydrogen (secondary N) is 1. The minimum atomic E-state index is -0.298. The van der Waals surface area contributed by atoms with E-state index in [0.717, 1.165) is 28.8 Å². The van der Waals surface area contributed by atoms with Crippen molar-refractivity contribution in [1.29, 1.82) is 0 Å². The van der Waals surface area contributed by atoms with Gasteiger partial charge in [-0.15, -0.1) is 11.3 Å². The molecule has 28 heavy (non-hydrogen) atoms. The van der Waals surface area contributed by atoms with Crippen molar-refractivity contribution in [3.63, 3.8) is 0 Å². The Hall–Kier alpha value is -2.26. The van der Waals surface area contributed by atoms with Crippen LogP contribution >= 0.6 is 23.1 Å². The summed E-state index contributed by atoms with van der Waals surface area (Å²) >= 11 is 2.76. The van der Waals surface area contributed by atoms with Gasteiger partial charge in [0.25, 0.3) is 0 Å². The molecule has 2 amide bonds. The smallest absolute Gasteiger partial charge is 0.230 e. The van der Waals surface area contributed by atoms with Crippen LogP contribution in [0.15, 0.2) is 29.6 Å². The second-order valence-corrected chi connectivity index (χ2v) is 8.56. The summed E-state index contributed by atoms with van der Waals surface area (Å²) in [5.41, 5.74) is 0.589. The normalized spacial score (nSPS) is 14.3. The number of thiophene rings is 1. The molecule has 3 heterocycles. The zero-order chi connectivity index (χ0) is 19.5. The Labute approximate surface area is 169 Å². The highest BCUT2D eigenvalue weighted by Gasteiger charge is 2.19. The quantitative estimate of drug-likeness (QED) is 0.362. The number of carbonyl (C=O) groups is 2. The predicted octanol–water partition coefficient (Wildman–Crippen LogP) is 3.20. The molecule has 0 aliphatic carbocycles. The maximum Gasteiger partial charge on any atom is 0.230 e. The highest BCUT2D eigenvalue weighted by atomic mass is 32.2. The van der Waals surface area contributed by atoms with Crippen LogP contribution in [0.25, 0.3) is 20.3 Å². The summed E-state index contributed by atoms with van der Waals surface area (Å²) < 4.78 is 15.8. The molecule has 6 nitrogen and oxygen atoms in total. The average molecular weight is 419 g/mol. The predicted molar refractivity (Wildman–Crippen MR) is 109 cm³/mol. The van der Waals surface area contributed by atoms with Crippen LogP contribution in [0.1, 0.15) is 19.3 Å². The number of aromatic nitrogens is 2. The molecular formula is C19H19FN4O2S2. The van der Waals surface area contributed by atoms with E-state index in [1.165, 1.54) is 35.5 Å². The molecule has 1 aliphatic rings. The lowest BCUT2D eigenvalue weighted by Gasteiger charge is -2.15. The van der Waals surface area contributed by atoms with Gasteiger partial charge < -0.3 is 10.2 Å². The van der Waals surface area contributed by atoms with Crippen molar-refractivity contribution in [1.82, 2.24) is 20.2 Å². The highest BCUT2D eigenvalue weighted by molar-refractivity contribution is 8.00. The number of thioether (sulfide) groups is 1. The number of hydrogen-bond acceptors (Lipinski definition) is 6. The van der Waals surface area contributed by atoms with Gasteiger partial charge in [0.1, 0.15) is 17.2 Å². The van der Waals surface area contributed by atoms with Crippen LogP contribution in [0.4, 0.5) is 4.39 Å². The van der Waals surface area contributed by atoms with Gasteiger partial charge in [-0.25, -0.2) is 14.4 Å². The number of fused-ring (bicyclic) bond motifs is 3. The Morgan fingerprint density at radius 2 is 2.25 bits per heavy atom. The number of hydrogen-bond donors (Lipinski definition) is 1. The number of halogens is 1. The summed E-state index contributed by atoms with van der Waals surface area (Å²) in [5, 5.41) is 4.07. The largest absolute Gasteiger partial charge is 0.355 e.